The predicted octanol–water partition coefficient (Wildman–Crippen LogP) is 2.96. The molecule has 6 nitrogen and oxygen atoms in total. The normalized spacial score (nSPS) is 14.0. The minimum Gasteiger partial charge on any atom is -0.366 e. The molecule has 0 saturated carbocycles. The van der Waals surface area contributed by atoms with Crippen LogP contribution in [-0.4, -0.2) is 42.0 Å². The molecule has 1 saturated heterocycles. The molecule has 0 unspecified atom stereocenters. The molecule has 1 aliphatic rings. The van der Waals surface area contributed by atoms with Gasteiger partial charge in [-0.15, -0.1) is 0 Å². The van der Waals surface area contributed by atoms with Crippen LogP contribution in [0.2, 0.25) is 0 Å². The summed E-state index contributed by atoms with van der Waals surface area (Å²) in [6, 6.07) is 12.4. The molecule has 2 aromatic carbocycles. The third-order valence-corrected chi connectivity index (χ3v) is 5.53. The molecule has 2 heterocycles. The smallest absolute Gasteiger partial charge is 0.258 e. The maximum absolute atomic E-state index is 14.1. The van der Waals surface area contributed by atoms with Gasteiger partial charge in [0, 0.05) is 38.3 Å². The first-order chi connectivity index (χ1) is 15.0. The van der Waals surface area contributed by atoms with Gasteiger partial charge in [0.05, 0.1) is 22.7 Å². The molecule has 158 valence electrons. The predicted molar refractivity (Wildman–Crippen MR) is 113 cm³/mol. The lowest BCUT2D eigenvalue weighted by atomic mass is 10.1. The SMILES string of the molecule is N#Cc1ccc(F)c(N2CCN(C(=O)CCc3cc4cccc(F)c4c(=O)[nH]3)CC2)c1. The van der Waals surface area contributed by atoms with Gasteiger partial charge in [-0.2, -0.15) is 5.26 Å². The summed E-state index contributed by atoms with van der Waals surface area (Å²) in [5.74, 6) is -1.03. The average Bonchev–Trinajstić information content (AvgIpc) is 2.78. The van der Waals surface area contributed by atoms with E-state index in [-0.39, 0.29) is 17.7 Å². The van der Waals surface area contributed by atoms with E-state index in [0.29, 0.717) is 54.9 Å². The number of piperazine rings is 1. The van der Waals surface area contributed by atoms with Crippen LogP contribution >= 0.6 is 0 Å². The van der Waals surface area contributed by atoms with Gasteiger partial charge in [0.1, 0.15) is 11.6 Å². The molecule has 1 amide bonds. The number of hydrogen-bond acceptors (Lipinski definition) is 4. The maximum Gasteiger partial charge on any atom is 0.258 e. The minimum absolute atomic E-state index is 0.0152. The molecular weight excluding hydrogens is 402 g/mol. The number of fused-ring (bicyclic) bond motifs is 1. The minimum atomic E-state index is -0.573. The number of anilines is 1. The van der Waals surface area contributed by atoms with Gasteiger partial charge in [-0.25, -0.2) is 8.78 Å². The number of nitrogens with one attached hydrogen (secondary N) is 1. The van der Waals surface area contributed by atoms with Gasteiger partial charge in [-0.05, 0) is 42.1 Å². The molecule has 31 heavy (non-hydrogen) atoms. The van der Waals surface area contributed by atoms with Crippen LogP contribution in [0.1, 0.15) is 17.7 Å². The van der Waals surface area contributed by atoms with Gasteiger partial charge in [0.25, 0.3) is 5.56 Å². The molecule has 1 aliphatic heterocycles. The van der Waals surface area contributed by atoms with Crippen LogP contribution in [0.4, 0.5) is 14.5 Å². The Bertz CT molecular complexity index is 1240. The van der Waals surface area contributed by atoms with Gasteiger partial charge >= 0.3 is 0 Å². The number of amides is 1. The summed E-state index contributed by atoms with van der Waals surface area (Å²) in [6.45, 7) is 1.80. The number of pyridine rings is 1. The second-order valence-corrected chi connectivity index (χ2v) is 7.47. The number of benzene rings is 2. The fraction of sp³-hybridized carbons (Fsp3) is 0.261. The summed E-state index contributed by atoms with van der Waals surface area (Å²) < 4.78 is 28.0. The van der Waals surface area contributed by atoms with Gasteiger partial charge in [0.2, 0.25) is 5.91 Å². The molecule has 1 aromatic heterocycles. The Morgan fingerprint density at radius 1 is 1.06 bits per heavy atom. The van der Waals surface area contributed by atoms with Crippen LogP contribution in [0.15, 0.2) is 47.3 Å². The third-order valence-electron chi connectivity index (χ3n) is 5.53. The number of carbonyl (C=O) groups excluding carboxylic acids is 1. The largest absolute Gasteiger partial charge is 0.366 e. The van der Waals surface area contributed by atoms with Crippen LogP contribution in [0.3, 0.4) is 0 Å². The number of aryl methyl sites for hydroxylation is 1. The second-order valence-electron chi connectivity index (χ2n) is 7.47. The van der Waals surface area contributed by atoms with Crippen molar-refractivity contribution in [1.82, 2.24) is 9.88 Å². The molecule has 0 aliphatic carbocycles. The monoisotopic (exact) mass is 422 g/mol. The summed E-state index contributed by atoms with van der Waals surface area (Å²) in [6.07, 6.45) is 0.536. The molecule has 1 fully saturated rings. The molecule has 0 spiro atoms. The number of halogens is 2. The van der Waals surface area contributed by atoms with E-state index in [1.54, 1.807) is 23.1 Å². The second kappa shape index (κ2) is 8.56. The van der Waals surface area contributed by atoms with E-state index in [1.165, 1.54) is 24.3 Å². The maximum atomic E-state index is 14.1. The summed E-state index contributed by atoms with van der Waals surface area (Å²) in [4.78, 5) is 31.0. The Kier molecular flexibility index (Phi) is 5.67. The van der Waals surface area contributed by atoms with Crippen molar-refractivity contribution in [3.63, 3.8) is 0 Å². The molecule has 3 aromatic rings. The van der Waals surface area contributed by atoms with Crippen molar-refractivity contribution in [2.45, 2.75) is 12.8 Å². The lowest BCUT2D eigenvalue weighted by Crippen LogP contribution is -2.49. The zero-order valence-electron chi connectivity index (χ0n) is 16.7. The summed E-state index contributed by atoms with van der Waals surface area (Å²) in [7, 11) is 0. The number of nitrogens with zero attached hydrogens (tertiary/aromatic N) is 3. The van der Waals surface area contributed by atoms with Gasteiger partial charge in [-0.3, -0.25) is 9.59 Å². The van der Waals surface area contributed by atoms with E-state index in [9.17, 15) is 18.4 Å². The average molecular weight is 422 g/mol. The Morgan fingerprint density at radius 2 is 1.84 bits per heavy atom. The fourth-order valence-electron chi connectivity index (χ4n) is 3.89. The van der Waals surface area contributed by atoms with Crippen molar-refractivity contribution in [1.29, 1.82) is 5.26 Å². The van der Waals surface area contributed by atoms with E-state index in [1.807, 2.05) is 11.0 Å². The Hall–Kier alpha value is -3.73. The van der Waals surface area contributed by atoms with Crippen molar-refractivity contribution < 1.29 is 13.6 Å². The fourth-order valence-corrected chi connectivity index (χ4v) is 3.89. The highest BCUT2D eigenvalue weighted by atomic mass is 19.1. The summed E-state index contributed by atoms with van der Waals surface area (Å²) in [5, 5.41) is 9.54. The first-order valence-electron chi connectivity index (χ1n) is 9.99. The van der Waals surface area contributed by atoms with E-state index in [0.717, 1.165) is 0 Å². The number of hydrogen-bond donors (Lipinski definition) is 1. The van der Waals surface area contributed by atoms with E-state index >= 15 is 0 Å². The molecule has 8 heteroatoms. The van der Waals surface area contributed by atoms with Crippen LogP contribution < -0.4 is 10.5 Å². The van der Waals surface area contributed by atoms with Crippen molar-refractivity contribution in [2.24, 2.45) is 0 Å². The zero-order valence-corrected chi connectivity index (χ0v) is 16.7. The lowest BCUT2D eigenvalue weighted by Gasteiger charge is -2.36. The molecule has 0 radical (unpaired) electrons. The molecule has 0 bridgehead atoms. The van der Waals surface area contributed by atoms with Crippen molar-refractivity contribution in [3.05, 3.63) is 75.7 Å². The highest BCUT2D eigenvalue weighted by Crippen LogP contribution is 2.22. The highest BCUT2D eigenvalue weighted by Gasteiger charge is 2.23. The quantitative estimate of drug-likeness (QED) is 0.701. The van der Waals surface area contributed by atoms with Crippen LogP contribution in [-0.2, 0) is 11.2 Å². The number of H-pyrrole nitrogens is 1. The number of nitriles is 1. The Balaban J connectivity index is 1.37. The standard InChI is InChI=1S/C23H20F2N4O2/c24-18-6-4-15(14-26)12-20(18)28-8-10-29(11-9-28)21(30)7-5-17-13-16-2-1-3-19(25)22(16)23(31)27-17/h1-4,6,12-13H,5,7-11H2,(H,27,31). The van der Waals surface area contributed by atoms with Gasteiger partial charge < -0.3 is 14.8 Å². The van der Waals surface area contributed by atoms with Crippen LogP contribution in [0.25, 0.3) is 10.8 Å². The zero-order chi connectivity index (χ0) is 22.0. The lowest BCUT2D eigenvalue weighted by molar-refractivity contribution is -0.131. The first-order valence-corrected chi connectivity index (χ1v) is 9.99. The number of aromatic nitrogens is 1. The third kappa shape index (κ3) is 4.26. The first kappa shape index (κ1) is 20.5. The molecule has 0 atom stereocenters. The topological polar surface area (TPSA) is 80.2 Å². The van der Waals surface area contributed by atoms with E-state index in [4.69, 9.17) is 5.26 Å². The number of aromatic amines is 1. The van der Waals surface area contributed by atoms with Crippen LogP contribution in [0, 0.1) is 23.0 Å². The van der Waals surface area contributed by atoms with Crippen molar-refractivity contribution in [3.8, 4) is 6.07 Å². The Morgan fingerprint density at radius 3 is 2.58 bits per heavy atom. The van der Waals surface area contributed by atoms with Gasteiger partial charge in [-0.1, -0.05) is 12.1 Å². The molecule has 4 rings (SSSR count). The Labute approximate surface area is 177 Å². The molecular formula is C23H20F2N4O2. The number of rotatable bonds is 4. The summed E-state index contributed by atoms with van der Waals surface area (Å²) in [5.41, 5.74) is 0.824. The van der Waals surface area contributed by atoms with Crippen molar-refractivity contribution in [2.75, 3.05) is 31.1 Å². The van der Waals surface area contributed by atoms with Gasteiger partial charge in [0.15, 0.2) is 0 Å². The van der Waals surface area contributed by atoms with E-state index in [2.05, 4.69) is 4.98 Å². The van der Waals surface area contributed by atoms with Crippen molar-refractivity contribution >= 4 is 22.4 Å². The number of carbonyl (C=O) groups is 1. The van der Waals surface area contributed by atoms with Crippen LogP contribution in [0.5, 0.6) is 0 Å². The summed E-state index contributed by atoms with van der Waals surface area (Å²) >= 11 is 0. The molecule has 1 N–H and O–H groups in total. The van der Waals surface area contributed by atoms with E-state index < -0.39 is 17.2 Å². The highest BCUT2D eigenvalue weighted by molar-refractivity contribution is 5.82.